The fourth-order valence-corrected chi connectivity index (χ4v) is 2.01. The largest absolute Gasteiger partial charge is 0.507 e. The Labute approximate surface area is 111 Å². The third-order valence-corrected chi connectivity index (χ3v) is 3.38. The van der Waals surface area contributed by atoms with Crippen LogP contribution in [-0.4, -0.2) is 31.7 Å². The summed E-state index contributed by atoms with van der Waals surface area (Å²) in [5.74, 6) is 0.217. The Morgan fingerprint density at radius 2 is 2.00 bits per heavy atom. The van der Waals surface area contributed by atoms with Crippen molar-refractivity contribution in [1.82, 2.24) is 15.2 Å². The van der Waals surface area contributed by atoms with Crippen LogP contribution in [0.5, 0.6) is 5.75 Å². The maximum Gasteiger partial charge on any atom is 0.400 e. The molecular formula is C11H10F3N3OS. The molecule has 0 aliphatic carbocycles. The van der Waals surface area contributed by atoms with Gasteiger partial charge in [0.25, 0.3) is 0 Å². The molecule has 2 aromatic rings. The summed E-state index contributed by atoms with van der Waals surface area (Å²) in [7, 11) is 0. The van der Waals surface area contributed by atoms with Gasteiger partial charge in [-0.15, -0.1) is 5.10 Å². The number of nitrogens with one attached hydrogen (secondary N) is 1. The van der Waals surface area contributed by atoms with Crippen LogP contribution in [0.3, 0.4) is 0 Å². The molecule has 19 heavy (non-hydrogen) atoms. The van der Waals surface area contributed by atoms with E-state index in [1.807, 2.05) is 0 Å². The van der Waals surface area contributed by atoms with Crippen LogP contribution in [-0.2, 0) is 0 Å². The van der Waals surface area contributed by atoms with Crippen LogP contribution in [0.4, 0.5) is 13.2 Å². The molecule has 0 amide bonds. The Bertz CT molecular complexity index is 570. The minimum absolute atomic E-state index is 0.0110. The standard InChI is InChI=1S/C11H10F3N3OS/c1-6(11(12,13)14)19-10-15-9(16-17-10)7-4-2-3-5-8(7)18/h2-6,18H,1H3,(H,15,16,17)/t6-/m0/s1. The van der Waals surface area contributed by atoms with Crippen LogP contribution in [0, 0.1) is 0 Å². The van der Waals surface area contributed by atoms with Gasteiger partial charge in [0, 0.05) is 0 Å². The summed E-state index contributed by atoms with van der Waals surface area (Å²) in [5, 5.41) is 14.2. The first-order valence-corrected chi connectivity index (χ1v) is 6.20. The van der Waals surface area contributed by atoms with Gasteiger partial charge in [0.15, 0.2) is 5.82 Å². The van der Waals surface area contributed by atoms with E-state index in [-0.39, 0.29) is 16.7 Å². The molecule has 0 saturated carbocycles. The lowest BCUT2D eigenvalue weighted by Gasteiger charge is -2.12. The maximum atomic E-state index is 12.4. The molecule has 2 rings (SSSR count). The summed E-state index contributed by atoms with van der Waals surface area (Å²) >= 11 is 0.512. The molecule has 0 spiro atoms. The molecule has 2 N–H and O–H groups in total. The van der Waals surface area contributed by atoms with Gasteiger partial charge in [-0.2, -0.15) is 13.2 Å². The fraction of sp³-hybridized carbons (Fsp3) is 0.273. The van der Waals surface area contributed by atoms with Gasteiger partial charge >= 0.3 is 6.18 Å². The first kappa shape index (κ1) is 13.7. The molecule has 102 valence electrons. The number of alkyl halides is 3. The van der Waals surface area contributed by atoms with Crippen LogP contribution < -0.4 is 0 Å². The normalized spacial score (nSPS) is 13.5. The number of aromatic hydroxyl groups is 1. The number of aromatic amines is 1. The minimum Gasteiger partial charge on any atom is -0.507 e. The Morgan fingerprint density at radius 3 is 2.63 bits per heavy atom. The molecule has 1 aromatic heterocycles. The van der Waals surface area contributed by atoms with Crippen molar-refractivity contribution in [3.05, 3.63) is 24.3 Å². The van der Waals surface area contributed by atoms with Crippen LogP contribution in [0.25, 0.3) is 11.4 Å². The Balaban J connectivity index is 2.19. The van der Waals surface area contributed by atoms with Crippen molar-refractivity contribution in [2.45, 2.75) is 23.5 Å². The number of aromatic nitrogens is 3. The van der Waals surface area contributed by atoms with Gasteiger partial charge in [-0.1, -0.05) is 23.9 Å². The second kappa shape index (κ2) is 5.12. The van der Waals surface area contributed by atoms with Gasteiger partial charge in [0.1, 0.15) is 11.0 Å². The number of H-pyrrole nitrogens is 1. The molecule has 0 aliphatic rings. The Hall–Kier alpha value is -1.70. The molecule has 0 bridgehead atoms. The van der Waals surface area contributed by atoms with Crippen molar-refractivity contribution in [2.24, 2.45) is 0 Å². The van der Waals surface area contributed by atoms with E-state index >= 15 is 0 Å². The molecule has 1 aromatic carbocycles. The minimum atomic E-state index is -4.31. The second-order valence-electron chi connectivity index (χ2n) is 3.79. The van der Waals surface area contributed by atoms with Crippen molar-refractivity contribution in [1.29, 1.82) is 0 Å². The first-order chi connectivity index (χ1) is 8.88. The number of para-hydroxylation sites is 1. The highest BCUT2D eigenvalue weighted by molar-refractivity contribution is 7.99. The summed E-state index contributed by atoms with van der Waals surface area (Å²) in [6.45, 7) is 1.04. The summed E-state index contributed by atoms with van der Waals surface area (Å²) in [5.41, 5.74) is 0.390. The van der Waals surface area contributed by atoms with Gasteiger partial charge in [-0.05, 0) is 19.1 Å². The van der Waals surface area contributed by atoms with Crippen LogP contribution in [0.1, 0.15) is 6.92 Å². The molecule has 0 unspecified atom stereocenters. The van der Waals surface area contributed by atoms with E-state index in [0.717, 1.165) is 6.92 Å². The molecule has 1 heterocycles. The maximum absolute atomic E-state index is 12.4. The first-order valence-electron chi connectivity index (χ1n) is 5.32. The molecule has 4 nitrogen and oxygen atoms in total. The summed E-state index contributed by atoms with van der Waals surface area (Å²) in [4.78, 5) is 3.93. The third kappa shape index (κ3) is 3.19. The van der Waals surface area contributed by atoms with Crippen LogP contribution in [0.15, 0.2) is 29.4 Å². The number of halogens is 3. The molecule has 0 fully saturated rings. The second-order valence-corrected chi connectivity index (χ2v) is 5.09. The number of hydrogen-bond donors (Lipinski definition) is 2. The highest BCUT2D eigenvalue weighted by Gasteiger charge is 2.37. The zero-order valence-electron chi connectivity index (χ0n) is 9.77. The fourth-order valence-electron chi connectivity index (χ4n) is 1.32. The number of hydrogen-bond acceptors (Lipinski definition) is 4. The van der Waals surface area contributed by atoms with Gasteiger partial charge in [0.2, 0.25) is 5.16 Å². The average molecular weight is 289 g/mol. The summed E-state index contributed by atoms with van der Waals surface area (Å²) < 4.78 is 37.2. The molecule has 0 aliphatic heterocycles. The lowest BCUT2D eigenvalue weighted by Crippen LogP contribution is -2.22. The number of nitrogens with zero attached hydrogens (tertiary/aromatic N) is 2. The highest BCUT2D eigenvalue weighted by atomic mass is 32.2. The van der Waals surface area contributed by atoms with E-state index in [1.165, 1.54) is 6.07 Å². The summed E-state index contributed by atoms with van der Waals surface area (Å²) in [6.07, 6.45) is -4.31. The molecular weight excluding hydrogens is 279 g/mol. The number of thioether (sulfide) groups is 1. The predicted molar refractivity (Wildman–Crippen MR) is 64.9 cm³/mol. The van der Waals surface area contributed by atoms with Gasteiger partial charge in [-0.3, -0.25) is 5.10 Å². The highest BCUT2D eigenvalue weighted by Crippen LogP contribution is 2.34. The lowest BCUT2D eigenvalue weighted by molar-refractivity contribution is -0.125. The SMILES string of the molecule is C[C@H](Sc1n[nH]c(-c2ccccc2O)n1)C(F)(F)F. The number of benzene rings is 1. The van der Waals surface area contributed by atoms with Gasteiger partial charge < -0.3 is 5.11 Å². The Morgan fingerprint density at radius 1 is 1.32 bits per heavy atom. The molecule has 0 radical (unpaired) electrons. The number of phenols is 1. The topological polar surface area (TPSA) is 61.8 Å². The van der Waals surface area contributed by atoms with Crippen molar-refractivity contribution < 1.29 is 18.3 Å². The van der Waals surface area contributed by atoms with Gasteiger partial charge in [0.05, 0.1) is 5.56 Å². The van der Waals surface area contributed by atoms with E-state index in [1.54, 1.807) is 18.2 Å². The van der Waals surface area contributed by atoms with Crippen molar-refractivity contribution in [3.8, 4) is 17.1 Å². The molecule has 8 heteroatoms. The quantitative estimate of drug-likeness (QED) is 0.852. The summed E-state index contributed by atoms with van der Waals surface area (Å²) in [6, 6.07) is 6.37. The zero-order chi connectivity index (χ0) is 14.0. The predicted octanol–water partition coefficient (Wildman–Crippen LogP) is 3.22. The van der Waals surface area contributed by atoms with E-state index in [4.69, 9.17) is 0 Å². The molecule has 1 atom stereocenters. The zero-order valence-corrected chi connectivity index (χ0v) is 10.6. The Kier molecular flexibility index (Phi) is 3.70. The number of phenolic OH excluding ortho intramolecular Hbond substituents is 1. The van der Waals surface area contributed by atoms with Crippen molar-refractivity contribution >= 4 is 11.8 Å². The smallest absolute Gasteiger partial charge is 0.400 e. The van der Waals surface area contributed by atoms with E-state index in [2.05, 4.69) is 15.2 Å². The van der Waals surface area contributed by atoms with E-state index < -0.39 is 11.4 Å². The molecule has 0 saturated heterocycles. The van der Waals surface area contributed by atoms with Crippen LogP contribution >= 0.6 is 11.8 Å². The number of rotatable bonds is 3. The van der Waals surface area contributed by atoms with Crippen LogP contribution in [0.2, 0.25) is 0 Å². The van der Waals surface area contributed by atoms with Crippen molar-refractivity contribution in [3.63, 3.8) is 0 Å². The van der Waals surface area contributed by atoms with E-state index in [0.29, 0.717) is 17.3 Å². The lowest BCUT2D eigenvalue weighted by atomic mass is 10.2. The average Bonchev–Trinajstić information content (AvgIpc) is 2.76. The van der Waals surface area contributed by atoms with Gasteiger partial charge in [-0.25, -0.2) is 4.98 Å². The monoisotopic (exact) mass is 289 g/mol. The third-order valence-electron chi connectivity index (χ3n) is 2.37. The van der Waals surface area contributed by atoms with E-state index in [9.17, 15) is 18.3 Å². The van der Waals surface area contributed by atoms with Crippen molar-refractivity contribution in [2.75, 3.05) is 0 Å².